The minimum Gasteiger partial charge on any atom is -0.338 e. The number of nitrogens with zero attached hydrogens (tertiary/aromatic N) is 1. The van der Waals surface area contributed by atoms with Gasteiger partial charge in [0.2, 0.25) is 0 Å². The van der Waals surface area contributed by atoms with Gasteiger partial charge in [-0.25, -0.2) is 4.79 Å². The highest BCUT2D eigenvalue weighted by Crippen LogP contribution is 2.26. The van der Waals surface area contributed by atoms with Crippen LogP contribution in [0, 0.1) is 0 Å². The van der Waals surface area contributed by atoms with Crippen molar-refractivity contribution < 1.29 is 4.79 Å². The average molecular weight is 274 g/mol. The molecule has 3 nitrogen and oxygen atoms in total. The molecule has 20 heavy (non-hydrogen) atoms. The van der Waals surface area contributed by atoms with E-state index < -0.39 is 0 Å². The standard InChI is InChI=1S/C17H26N2O/c1-17(2)12-6-7-14-19(17)16(20)18-13-8-11-15-9-4-3-5-10-15/h3-5,9-10H,6-8,11-14H2,1-2H3,(H,18,20). The number of urea groups is 1. The van der Waals surface area contributed by atoms with Crippen LogP contribution in [-0.4, -0.2) is 29.6 Å². The Morgan fingerprint density at radius 2 is 2.00 bits per heavy atom. The SMILES string of the molecule is CC1(C)CCCCN1C(=O)NCCCc1ccccc1. The van der Waals surface area contributed by atoms with Crippen molar-refractivity contribution in [1.82, 2.24) is 10.2 Å². The summed E-state index contributed by atoms with van der Waals surface area (Å²) in [7, 11) is 0. The molecule has 1 fully saturated rings. The van der Waals surface area contributed by atoms with Gasteiger partial charge >= 0.3 is 6.03 Å². The van der Waals surface area contributed by atoms with Gasteiger partial charge in [-0.15, -0.1) is 0 Å². The Balaban J connectivity index is 1.72. The molecule has 1 aromatic carbocycles. The molecule has 1 aliphatic rings. The number of hydrogen-bond acceptors (Lipinski definition) is 1. The number of hydrogen-bond donors (Lipinski definition) is 1. The molecule has 0 saturated carbocycles. The quantitative estimate of drug-likeness (QED) is 0.836. The highest BCUT2D eigenvalue weighted by molar-refractivity contribution is 5.75. The third kappa shape index (κ3) is 3.99. The summed E-state index contributed by atoms with van der Waals surface area (Å²) in [6.45, 7) is 5.96. The van der Waals surface area contributed by atoms with E-state index in [-0.39, 0.29) is 11.6 Å². The molecule has 2 rings (SSSR count). The van der Waals surface area contributed by atoms with Crippen LogP contribution in [0.2, 0.25) is 0 Å². The third-order valence-electron chi connectivity index (χ3n) is 4.16. The number of likely N-dealkylation sites (tertiary alicyclic amines) is 1. The van der Waals surface area contributed by atoms with Gasteiger partial charge in [0.15, 0.2) is 0 Å². The summed E-state index contributed by atoms with van der Waals surface area (Å²) in [5, 5.41) is 3.07. The van der Waals surface area contributed by atoms with E-state index >= 15 is 0 Å². The van der Waals surface area contributed by atoms with Gasteiger partial charge in [-0.05, 0) is 51.5 Å². The van der Waals surface area contributed by atoms with Crippen molar-refractivity contribution in [3.05, 3.63) is 35.9 Å². The van der Waals surface area contributed by atoms with Crippen molar-refractivity contribution in [1.29, 1.82) is 0 Å². The molecule has 0 spiro atoms. The van der Waals surface area contributed by atoms with E-state index in [0.29, 0.717) is 0 Å². The van der Waals surface area contributed by atoms with Gasteiger partial charge in [-0.2, -0.15) is 0 Å². The van der Waals surface area contributed by atoms with Gasteiger partial charge in [0.05, 0.1) is 0 Å². The van der Waals surface area contributed by atoms with E-state index in [1.54, 1.807) is 0 Å². The molecule has 1 aromatic rings. The maximum Gasteiger partial charge on any atom is 0.317 e. The zero-order valence-electron chi connectivity index (χ0n) is 12.7. The zero-order valence-corrected chi connectivity index (χ0v) is 12.7. The topological polar surface area (TPSA) is 32.3 Å². The average Bonchev–Trinajstić information content (AvgIpc) is 2.44. The minimum absolute atomic E-state index is 0.00175. The third-order valence-corrected chi connectivity index (χ3v) is 4.16. The highest BCUT2D eigenvalue weighted by atomic mass is 16.2. The van der Waals surface area contributed by atoms with Crippen LogP contribution in [0.1, 0.15) is 45.1 Å². The second-order valence-corrected chi connectivity index (χ2v) is 6.24. The van der Waals surface area contributed by atoms with Crippen molar-refractivity contribution in [2.75, 3.05) is 13.1 Å². The van der Waals surface area contributed by atoms with Gasteiger partial charge in [0.25, 0.3) is 0 Å². The summed E-state index contributed by atoms with van der Waals surface area (Å²) in [5.41, 5.74) is 1.34. The van der Waals surface area contributed by atoms with Gasteiger partial charge in [-0.3, -0.25) is 0 Å². The van der Waals surface area contributed by atoms with Crippen molar-refractivity contribution in [2.45, 2.75) is 51.5 Å². The number of piperidine rings is 1. The van der Waals surface area contributed by atoms with Crippen LogP contribution in [-0.2, 0) is 6.42 Å². The Bertz CT molecular complexity index is 428. The van der Waals surface area contributed by atoms with Crippen LogP contribution in [0.5, 0.6) is 0 Å². The lowest BCUT2D eigenvalue weighted by Gasteiger charge is -2.42. The molecule has 0 unspecified atom stereocenters. The Morgan fingerprint density at radius 1 is 1.25 bits per heavy atom. The van der Waals surface area contributed by atoms with Crippen molar-refractivity contribution >= 4 is 6.03 Å². The van der Waals surface area contributed by atoms with Crippen LogP contribution in [0.4, 0.5) is 4.79 Å². The number of carbonyl (C=O) groups excluding carboxylic acids is 1. The van der Waals surface area contributed by atoms with Gasteiger partial charge < -0.3 is 10.2 Å². The molecule has 0 aromatic heterocycles. The number of carbonyl (C=O) groups is 1. The van der Waals surface area contributed by atoms with Gasteiger partial charge in [0, 0.05) is 18.6 Å². The maximum atomic E-state index is 12.2. The Labute approximate surface area is 122 Å². The lowest BCUT2D eigenvalue weighted by Crippen LogP contribution is -2.54. The first kappa shape index (κ1) is 14.9. The zero-order chi connectivity index (χ0) is 14.4. The lowest BCUT2D eigenvalue weighted by atomic mass is 9.91. The number of aryl methyl sites for hydroxylation is 1. The van der Waals surface area contributed by atoms with E-state index in [2.05, 4.69) is 43.4 Å². The molecular weight excluding hydrogens is 248 g/mol. The molecule has 1 aliphatic heterocycles. The molecule has 1 N–H and O–H groups in total. The molecule has 0 aliphatic carbocycles. The smallest absolute Gasteiger partial charge is 0.317 e. The lowest BCUT2D eigenvalue weighted by molar-refractivity contribution is 0.103. The maximum absolute atomic E-state index is 12.2. The monoisotopic (exact) mass is 274 g/mol. The minimum atomic E-state index is 0.00175. The Hall–Kier alpha value is -1.51. The number of amides is 2. The molecule has 110 valence electrons. The fraction of sp³-hybridized carbons (Fsp3) is 0.588. The molecule has 3 heteroatoms. The normalized spacial score (nSPS) is 17.8. The molecule has 0 radical (unpaired) electrons. The number of benzene rings is 1. The fourth-order valence-electron chi connectivity index (χ4n) is 2.87. The molecule has 1 saturated heterocycles. The predicted molar refractivity (Wildman–Crippen MR) is 82.8 cm³/mol. The highest BCUT2D eigenvalue weighted by Gasteiger charge is 2.32. The molecular formula is C17H26N2O. The summed E-state index contributed by atoms with van der Waals surface area (Å²) >= 11 is 0. The van der Waals surface area contributed by atoms with Crippen LogP contribution in [0.3, 0.4) is 0 Å². The summed E-state index contributed by atoms with van der Waals surface area (Å²) in [4.78, 5) is 14.2. The summed E-state index contributed by atoms with van der Waals surface area (Å²) < 4.78 is 0. The fourth-order valence-corrected chi connectivity index (χ4v) is 2.87. The first-order valence-electron chi connectivity index (χ1n) is 7.69. The van der Waals surface area contributed by atoms with Crippen molar-refractivity contribution in [3.8, 4) is 0 Å². The molecule has 0 bridgehead atoms. The van der Waals surface area contributed by atoms with Crippen molar-refractivity contribution in [2.24, 2.45) is 0 Å². The first-order chi connectivity index (χ1) is 9.59. The Morgan fingerprint density at radius 3 is 2.70 bits per heavy atom. The second kappa shape index (κ2) is 6.78. The summed E-state index contributed by atoms with van der Waals surface area (Å²) in [6.07, 6.45) is 5.46. The van der Waals surface area contributed by atoms with Crippen LogP contribution >= 0.6 is 0 Å². The van der Waals surface area contributed by atoms with Gasteiger partial charge in [0.1, 0.15) is 0 Å². The molecule has 2 amide bonds. The Kier molecular flexibility index (Phi) is 5.05. The molecule has 0 atom stereocenters. The van der Waals surface area contributed by atoms with Crippen LogP contribution in [0.25, 0.3) is 0 Å². The second-order valence-electron chi connectivity index (χ2n) is 6.24. The first-order valence-corrected chi connectivity index (χ1v) is 7.69. The summed E-state index contributed by atoms with van der Waals surface area (Å²) in [5.74, 6) is 0. The van der Waals surface area contributed by atoms with Crippen LogP contribution < -0.4 is 5.32 Å². The van der Waals surface area contributed by atoms with E-state index in [9.17, 15) is 4.79 Å². The largest absolute Gasteiger partial charge is 0.338 e. The van der Waals surface area contributed by atoms with E-state index in [4.69, 9.17) is 0 Å². The van der Waals surface area contributed by atoms with Crippen molar-refractivity contribution in [3.63, 3.8) is 0 Å². The number of nitrogens with one attached hydrogen (secondary N) is 1. The summed E-state index contributed by atoms with van der Waals surface area (Å²) in [6, 6.07) is 10.5. The van der Waals surface area contributed by atoms with E-state index in [1.165, 1.54) is 12.0 Å². The van der Waals surface area contributed by atoms with E-state index in [0.717, 1.165) is 38.8 Å². The van der Waals surface area contributed by atoms with Crippen LogP contribution in [0.15, 0.2) is 30.3 Å². The van der Waals surface area contributed by atoms with Gasteiger partial charge in [-0.1, -0.05) is 30.3 Å². The van der Waals surface area contributed by atoms with E-state index in [1.807, 2.05) is 11.0 Å². The molecule has 1 heterocycles. The predicted octanol–water partition coefficient (Wildman–Crippen LogP) is 3.59. The number of rotatable bonds is 4.